The van der Waals surface area contributed by atoms with Crippen LogP contribution in [0.2, 0.25) is 0 Å². The zero-order chi connectivity index (χ0) is 17.1. The lowest BCUT2D eigenvalue weighted by atomic mass is 10.0. The van der Waals surface area contributed by atoms with E-state index in [0.29, 0.717) is 19.0 Å². The molecule has 1 unspecified atom stereocenters. The van der Waals surface area contributed by atoms with E-state index in [1.165, 1.54) is 5.56 Å². The van der Waals surface area contributed by atoms with E-state index in [9.17, 15) is 8.42 Å². The van der Waals surface area contributed by atoms with Crippen molar-refractivity contribution in [3.8, 4) is 0 Å². The molecular formula is C17H27N3O2S. The van der Waals surface area contributed by atoms with Gasteiger partial charge in [-0.15, -0.1) is 0 Å². The van der Waals surface area contributed by atoms with Crippen molar-refractivity contribution in [3.63, 3.8) is 0 Å². The smallest absolute Gasteiger partial charge is 0.193 e. The highest BCUT2D eigenvalue weighted by molar-refractivity contribution is 7.92. The Labute approximate surface area is 139 Å². The summed E-state index contributed by atoms with van der Waals surface area (Å²) in [6.45, 7) is 7.46. The van der Waals surface area contributed by atoms with E-state index in [0.717, 1.165) is 12.5 Å². The molecule has 0 aromatic heterocycles. The van der Waals surface area contributed by atoms with Crippen LogP contribution in [0.15, 0.2) is 35.3 Å². The molecule has 6 heteroatoms. The standard InChI is InChI=1S/C17H27N3O2S/c1-14(15-8-6-5-7-9-15)12-19-16(18-4)20-10-11-23(21,22)17(2,3)13-20/h5-9,14H,10-13H2,1-4H3,(H,18,19). The molecule has 1 atom stereocenters. The SMILES string of the molecule is CN=C(NCC(C)c1ccccc1)N1CCS(=O)(=O)C(C)(C)C1. The number of rotatable bonds is 3. The number of guanidine groups is 1. The highest BCUT2D eigenvalue weighted by Gasteiger charge is 2.40. The average Bonchev–Trinajstić information content (AvgIpc) is 2.52. The largest absolute Gasteiger partial charge is 0.356 e. The van der Waals surface area contributed by atoms with Gasteiger partial charge in [-0.25, -0.2) is 8.42 Å². The number of nitrogens with one attached hydrogen (secondary N) is 1. The van der Waals surface area contributed by atoms with Crippen molar-refractivity contribution in [3.05, 3.63) is 35.9 Å². The van der Waals surface area contributed by atoms with Gasteiger partial charge in [-0.1, -0.05) is 37.3 Å². The van der Waals surface area contributed by atoms with Crippen LogP contribution >= 0.6 is 0 Å². The first kappa shape index (κ1) is 17.8. The first-order chi connectivity index (χ1) is 10.8. The van der Waals surface area contributed by atoms with E-state index >= 15 is 0 Å². The number of hydrogen-bond donors (Lipinski definition) is 1. The van der Waals surface area contributed by atoms with Gasteiger partial charge in [0.15, 0.2) is 15.8 Å². The minimum Gasteiger partial charge on any atom is -0.356 e. The molecule has 2 rings (SSSR count). The summed E-state index contributed by atoms with van der Waals surface area (Å²) < 4.78 is 23.5. The van der Waals surface area contributed by atoms with Gasteiger partial charge in [-0.3, -0.25) is 4.99 Å². The fourth-order valence-electron chi connectivity index (χ4n) is 2.80. The molecule has 1 aliphatic heterocycles. The highest BCUT2D eigenvalue weighted by Crippen LogP contribution is 2.23. The number of benzene rings is 1. The van der Waals surface area contributed by atoms with Gasteiger partial charge < -0.3 is 10.2 Å². The van der Waals surface area contributed by atoms with Gasteiger partial charge in [-0.2, -0.15) is 0 Å². The summed E-state index contributed by atoms with van der Waals surface area (Å²) in [6, 6.07) is 10.3. The minimum atomic E-state index is -3.03. The molecule has 1 heterocycles. The van der Waals surface area contributed by atoms with Crippen LogP contribution in [-0.4, -0.2) is 56.5 Å². The molecule has 23 heavy (non-hydrogen) atoms. The molecule has 0 spiro atoms. The van der Waals surface area contributed by atoms with Crippen molar-refractivity contribution in [2.45, 2.75) is 31.4 Å². The Morgan fingerprint density at radius 2 is 2.00 bits per heavy atom. The fraction of sp³-hybridized carbons (Fsp3) is 0.588. The molecule has 0 saturated carbocycles. The molecule has 1 aliphatic rings. The maximum Gasteiger partial charge on any atom is 0.193 e. The van der Waals surface area contributed by atoms with Gasteiger partial charge in [-0.05, 0) is 25.3 Å². The third-order valence-electron chi connectivity index (χ3n) is 4.49. The van der Waals surface area contributed by atoms with E-state index < -0.39 is 14.6 Å². The molecule has 128 valence electrons. The summed E-state index contributed by atoms with van der Waals surface area (Å²) in [5.74, 6) is 1.31. The first-order valence-electron chi connectivity index (χ1n) is 8.00. The lowest BCUT2D eigenvalue weighted by Gasteiger charge is -2.39. The van der Waals surface area contributed by atoms with Gasteiger partial charge in [0.1, 0.15) is 0 Å². The van der Waals surface area contributed by atoms with Crippen LogP contribution in [0.4, 0.5) is 0 Å². The van der Waals surface area contributed by atoms with Crippen LogP contribution in [0.3, 0.4) is 0 Å². The van der Waals surface area contributed by atoms with Gasteiger partial charge in [0.05, 0.1) is 10.5 Å². The summed E-state index contributed by atoms with van der Waals surface area (Å²) >= 11 is 0. The fourth-order valence-corrected chi connectivity index (χ4v) is 4.17. The number of hydrogen-bond acceptors (Lipinski definition) is 3. The van der Waals surface area contributed by atoms with Crippen LogP contribution in [-0.2, 0) is 9.84 Å². The van der Waals surface area contributed by atoms with Crippen molar-refractivity contribution < 1.29 is 8.42 Å². The lowest BCUT2D eigenvalue weighted by molar-refractivity contribution is 0.352. The molecule has 1 aromatic rings. The third-order valence-corrected chi connectivity index (χ3v) is 7.02. The van der Waals surface area contributed by atoms with E-state index in [1.807, 2.05) is 23.1 Å². The Hall–Kier alpha value is -1.56. The van der Waals surface area contributed by atoms with Crippen molar-refractivity contribution in [1.82, 2.24) is 10.2 Å². The van der Waals surface area contributed by atoms with Crippen LogP contribution in [0.1, 0.15) is 32.3 Å². The second-order valence-electron chi connectivity index (χ2n) is 6.74. The van der Waals surface area contributed by atoms with E-state index in [2.05, 4.69) is 29.4 Å². The monoisotopic (exact) mass is 337 g/mol. The third kappa shape index (κ3) is 4.05. The van der Waals surface area contributed by atoms with Gasteiger partial charge in [0.2, 0.25) is 0 Å². The predicted octanol–water partition coefficient (Wildman–Crippen LogP) is 1.87. The van der Waals surface area contributed by atoms with E-state index in [4.69, 9.17) is 0 Å². The molecule has 1 N–H and O–H groups in total. The quantitative estimate of drug-likeness (QED) is 0.676. The number of nitrogens with zero attached hydrogens (tertiary/aromatic N) is 2. The van der Waals surface area contributed by atoms with Crippen LogP contribution in [0.5, 0.6) is 0 Å². The van der Waals surface area contributed by atoms with Gasteiger partial charge in [0, 0.05) is 26.7 Å². The van der Waals surface area contributed by atoms with E-state index in [-0.39, 0.29) is 5.75 Å². The molecule has 1 fully saturated rings. The normalized spacial score (nSPS) is 21.7. The molecule has 0 aliphatic carbocycles. The van der Waals surface area contributed by atoms with E-state index in [1.54, 1.807) is 20.9 Å². The molecule has 1 saturated heterocycles. The second kappa shape index (κ2) is 6.91. The molecule has 1 aromatic carbocycles. The molecule has 5 nitrogen and oxygen atoms in total. The Bertz CT molecular complexity index is 654. The number of sulfone groups is 1. The Balaban J connectivity index is 1.99. The highest BCUT2D eigenvalue weighted by atomic mass is 32.2. The maximum atomic E-state index is 12.1. The zero-order valence-electron chi connectivity index (χ0n) is 14.4. The summed E-state index contributed by atoms with van der Waals surface area (Å²) in [6.07, 6.45) is 0. The van der Waals surface area contributed by atoms with Crippen molar-refractivity contribution in [2.75, 3.05) is 32.4 Å². The van der Waals surface area contributed by atoms with Crippen LogP contribution in [0.25, 0.3) is 0 Å². The predicted molar refractivity (Wildman–Crippen MR) is 95.7 cm³/mol. The summed E-state index contributed by atoms with van der Waals surface area (Å²) in [4.78, 5) is 6.37. The van der Waals surface area contributed by atoms with Crippen LogP contribution in [0, 0.1) is 0 Å². The molecule has 0 amide bonds. The minimum absolute atomic E-state index is 0.176. The first-order valence-corrected chi connectivity index (χ1v) is 9.65. The van der Waals surface area contributed by atoms with Crippen molar-refractivity contribution >= 4 is 15.8 Å². The Kier molecular flexibility index (Phi) is 5.34. The lowest BCUT2D eigenvalue weighted by Crippen LogP contribution is -2.57. The molecule has 0 bridgehead atoms. The second-order valence-corrected chi connectivity index (χ2v) is 9.48. The van der Waals surface area contributed by atoms with Gasteiger partial charge >= 0.3 is 0 Å². The summed E-state index contributed by atoms with van der Waals surface area (Å²) in [5, 5.41) is 3.38. The molecular weight excluding hydrogens is 310 g/mol. The summed E-state index contributed by atoms with van der Waals surface area (Å²) in [7, 11) is -1.29. The van der Waals surface area contributed by atoms with Crippen molar-refractivity contribution in [2.24, 2.45) is 4.99 Å². The van der Waals surface area contributed by atoms with Gasteiger partial charge in [0.25, 0.3) is 0 Å². The Morgan fingerprint density at radius 1 is 1.35 bits per heavy atom. The summed E-state index contributed by atoms with van der Waals surface area (Å²) in [5.41, 5.74) is 1.28. The number of aliphatic imine (C=N–C) groups is 1. The zero-order valence-corrected chi connectivity index (χ0v) is 15.2. The Morgan fingerprint density at radius 3 is 2.57 bits per heavy atom. The van der Waals surface area contributed by atoms with Crippen molar-refractivity contribution in [1.29, 1.82) is 0 Å². The maximum absolute atomic E-state index is 12.1. The molecule has 0 radical (unpaired) electrons. The van der Waals surface area contributed by atoms with Crippen LogP contribution < -0.4 is 5.32 Å². The average molecular weight is 337 g/mol. The topological polar surface area (TPSA) is 61.8 Å².